The number of halogens is 4. The zero-order chi connectivity index (χ0) is 15.5. The summed E-state index contributed by atoms with van der Waals surface area (Å²) >= 11 is 0. The fourth-order valence-corrected chi connectivity index (χ4v) is 1.24. The number of hydrogen-bond donors (Lipinski definition) is 2. The molecule has 0 spiro atoms. The van der Waals surface area contributed by atoms with Gasteiger partial charge in [-0.3, -0.25) is 4.79 Å². The van der Waals surface area contributed by atoms with E-state index in [0.717, 1.165) is 25.3 Å². The van der Waals surface area contributed by atoms with Crippen LogP contribution in [0.15, 0.2) is 18.2 Å². The fraction of sp³-hybridized carbons (Fsp3) is 0.273. The molecule has 1 rings (SSSR count). The largest absolute Gasteiger partial charge is 0.495 e. The number of carboxylic acid groups (broad SMARTS) is 1. The zero-order valence-electron chi connectivity index (χ0n) is 9.99. The SMILES string of the molecule is COc1ccc(C(=O)O)cc1NC(=O)C(F)(F)C(F)F. The molecule has 0 saturated carbocycles. The van der Waals surface area contributed by atoms with Crippen LogP contribution in [0.2, 0.25) is 0 Å². The van der Waals surface area contributed by atoms with E-state index in [9.17, 15) is 27.2 Å². The molecule has 20 heavy (non-hydrogen) atoms. The van der Waals surface area contributed by atoms with Gasteiger partial charge in [-0.05, 0) is 18.2 Å². The molecular weight excluding hydrogens is 286 g/mol. The lowest BCUT2D eigenvalue weighted by molar-refractivity contribution is -0.163. The van der Waals surface area contributed by atoms with Crippen molar-refractivity contribution >= 4 is 17.6 Å². The summed E-state index contributed by atoms with van der Waals surface area (Å²) in [5, 5.41) is 10.3. The standard InChI is InChI=1S/C11H9F4NO4/c1-20-7-3-2-5(8(17)18)4-6(7)16-10(19)11(14,15)9(12)13/h2-4,9H,1H3,(H,16,19)(H,17,18). The number of anilines is 1. The van der Waals surface area contributed by atoms with E-state index in [4.69, 9.17) is 9.84 Å². The second-order valence-electron chi connectivity index (χ2n) is 3.60. The number of carboxylic acids is 1. The summed E-state index contributed by atoms with van der Waals surface area (Å²) in [7, 11) is 1.14. The third kappa shape index (κ3) is 3.16. The van der Waals surface area contributed by atoms with E-state index in [-0.39, 0.29) is 11.3 Å². The smallest absolute Gasteiger partial charge is 0.383 e. The monoisotopic (exact) mass is 295 g/mol. The highest BCUT2D eigenvalue weighted by molar-refractivity contribution is 5.99. The van der Waals surface area contributed by atoms with Gasteiger partial charge in [0, 0.05) is 0 Å². The lowest BCUT2D eigenvalue weighted by Gasteiger charge is -2.16. The fourth-order valence-electron chi connectivity index (χ4n) is 1.24. The molecule has 1 aromatic carbocycles. The maximum atomic E-state index is 12.8. The number of methoxy groups -OCH3 is 1. The highest BCUT2D eigenvalue weighted by atomic mass is 19.3. The van der Waals surface area contributed by atoms with E-state index < -0.39 is 29.9 Å². The van der Waals surface area contributed by atoms with E-state index in [0.29, 0.717) is 0 Å². The highest BCUT2D eigenvalue weighted by Crippen LogP contribution is 2.29. The van der Waals surface area contributed by atoms with Crippen molar-refractivity contribution in [3.63, 3.8) is 0 Å². The van der Waals surface area contributed by atoms with Crippen LogP contribution < -0.4 is 10.1 Å². The van der Waals surface area contributed by atoms with E-state index in [1.165, 1.54) is 5.32 Å². The van der Waals surface area contributed by atoms with Gasteiger partial charge in [-0.2, -0.15) is 8.78 Å². The molecule has 0 atom stereocenters. The highest BCUT2D eigenvalue weighted by Gasteiger charge is 2.49. The van der Waals surface area contributed by atoms with Gasteiger partial charge in [-0.1, -0.05) is 0 Å². The average molecular weight is 295 g/mol. The summed E-state index contributed by atoms with van der Waals surface area (Å²) in [6.45, 7) is 0. The zero-order valence-corrected chi connectivity index (χ0v) is 9.99. The Labute approximate surface area is 110 Å². The van der Waals surface area contributed by atoms with E-state index in [1.54, 1.807) is 0 Å². The molecular formula is C11H9F4NO4. The first kappa shape index (κ1) is 15.7. The normalized spacial score (nSPS) is 11.3. The molecule has 0 bridgehead atoms. The van der Waals surface area contributed by atoms with Crippen molar-refractivity contribution in [3.05, 3.63) is 23.8 Å². The molecule has 110 valence electrons. The van der Waals surface area contributed by atoms with Crippen molar-refractivity contribution in [2.24, 2.45) is 0 Å². The molecule has 0 aliphatic heterocycles. The molecule has 5 nitrogen and oxygen atoms in total. The first-order valence-electron chi connectivity index (χ1n) is 5.09. The average Bonchev–Trinajstić information content (AvgIpc) is 2.38. The molecule has 2 N–H and O–H groups in total. The third-order valence-corrected chi connectivity index (χ3v) is 2.27. The molecule has 0 aliphatic rings. The van der Waals surface area contributed by atoms with Gasteiger partial charge in [0.15, 0.2) is 0 Å². The number of benzene rings is 1. The van der Waals surface area contributed by atoms with Gasteiger partial charge in [0.25, 0.3) is 0 Å². The van der Waals surface area contributed by atoms with Gasteiger partial charge >= 0.3 is 24.2 Å². The van der Waals surface area contributed by atoms with Crippen LogP contribution in [0.25, 0.3) is 0 Å². The van der Waals surface area contributed by atoms with Crippen LogP contribution in [0.3, 0.4) is 0 Å². The second-order valence-corrected chi connectivity index (χ2v) is 3.60. The van der Waals surface area contributed by atoms with Crippen molar-refractivity contribution in [1.29, 1.82) is 0 Å². The number of rotatable bonds is 5. The Morgan fingerprint density at radius 3 is 2.40 bits per heavy atom. The van der Waals surface area contributed by atoms with Gasteiger partial charge in [0.1, 0.15) is 5.75 Å². The van der Waals surface area contributed by atoms with Gasteiger partial charge in [0.2, 0.25) is 0 Å². The van der Waals surface area contributed by atoms with Gasteiger partial charge < -0.3 is 15.2 Å². The summed E-state index contributed by atoms with van der Waals surface area (Å²) < 4.78 is 54.4. The Morgan fingerprint density at radius 2 is 1.95 bits per heavy atom. The molecule has 0 unspecified atom stereocenters. The lowest BCUT2D eigenvalue weighted by atomic mass is 10.1. The molecule has 0 heterocycles. The Kier molecular flexibility index (Phi) is 4.53. The van der Waals surface area contributed by atoms with Crippen LogP contribution in [-0.4, -0.2) is 36.4 Å². The minimum absolute atomic E-state index is 0.145. The predicted octanol–water partition coefficient (Wildman–Crippen LogP) is 2.23. The molecule has 0 saturated heterocycles. The van der Waals surface area contributed by atoms with E-state index in [2.05, 4.69) is 0 Å². The Bertz CT molecular complexity index is 533. The number of amides is 1. The maximum absolute atomic E-state index is 12.8. The number of aromatic carboxylic acids is 1. The van der Waals surface area contributed by atoms with Gasteiger partial charge in [-0.15, -0.1) is 0 Å². The Morgan fingerprint density at radius 1 is 1.35 bits per heavy atom. The quantitative estimate of drug-likeness (QED) is 0.817. The predicted molar refractivity (Wildman–Crippen MR) is 59.5 cm³/mol. The van der Waals surface area contributed by atoms with Crippen molar-refractivity contribution in [3.8, 4) is 5.75 Å². The van der Waals surface area contributed by atoms with Gasteiger partial charge in [-0.25, -0.2) is 13.6 Å². The Hall–Kier alpha value is -2.32. The third-order valence-electron chi connectivity index (χ3n) is 2.27. The number of carbonyl (C=O) groups excluding carboxylic acids is 1. The van der Waals surface area contributed by atoms with E-state index in [1.807, 2.05) is 0 Å². The summed E-state index contributed by atoms with van der Waals surface area (Å²) in [4.78, 5) is 21.8. The minimum Gasteiger partial charge on any atom is -0.495 e. The Balaban J connectivity index is 3.10. The van der Waals surface area contributed by atoms with Crippen LogP contribution in [0.1, 0.15) is 10.4 Å². The van der Waals surface area contributed by atoms with E-state index >= 15 is 0 Å². The van der Waals surface area contributed by atoms with Crippen molar-refractivity contribution in [2.75, 3.05) is 12.4 Å². The first-order valence-corrected chi connectivity index (χ1v) is 5.09. The van der Waals surface area contributed by atoms with Crippen LogP contribution in [0, 0.1) is 0 Å². The number of ether oxygens (including phenoxy) is 1. The summed E-state index contributed by atoms with van der Waals surface area (Å²) in [6, 6.07) is 3.02. The van der Waals surface area contributed by atoms with Crippen LogP contribution >= 0.6 is 0 Å². The van der Waals surface area contributed by atoms with Crippen LogP contribution in [0.5, 0.6) is 5.75 Å². The summed E-state index contributed by atoms with van der Waals surface area (Å²) in [6.07, 6.45) is -4.18. The number of nitrogens with one attached hydrogen (secondary N) is 1. The summed E-state index contributed by atoms with van der Waals surface area (Å²) in [5.74, 6) is -8.69. The maximum Gasteiger partial charge on any atom is 0.383 e. The molecule has 9 heteroatoms. The summed E-state index contributed by atoms with van der Waals surface area (Å²) in [5.41, 5.74) is -0.779. The molecule has 0 aliphatic carbocycles. The number of carbonyl (C=O) groups is 2. The van der Waals surface area contributed by atoms with Crippen LogP contribution in [-0.2, 0) is 4.79 Å². The molecule has 0 fully saturated rings. The van der Waals surface area contributed by atoms with Gasteiger partial charge in [0.05, 0.1) is 18.4 Å². The number of alkyl halides is 4. The minimum atomic E-state index is -4.90. The van der Waals surface area contributed by atoms with Crippen molar-refractivity contribution < 1.29 is 37.0 Å². The molecule has 1 amide bonds. The lowest BCUT2D eigenvalue weighted by Crippen LogP contribution is -2.41. The second kappa shape index (κ2) is 5.76. The van der Waals surface area contributed by atoms with Crippen molar-refractivity contribution in [1.82, 2.24) is 0 Å². The number of hydrogen-bond acceptors (Lipinski definition) is 3. The molecule has 0 aromatic heterocycles. The topological polar surface area (TPSA) is 75.6 Å². The molecule has 0 radical (unpaired) electrons. The first-order chi connectivity index (χ1) is 9.20. The molecule has 1 aromatic rings. The van der Waals surface area contributed by atoms with Crippen molar-refractivity contribution in [2.45, 2.75) is 12.3 Å². The van der Waals surface area contributed by atoms with Crippen LogP contribution in [0.4, 0.5) is 23.2 Å².